The van der Waals surface area contributed by atoms with Gasteiger partial charge in [-0.2, -0.15) is 5.26 Å². The SMILES string of the molecule is CC(COc1ccc2c(-c3c(O)[nH]c4ccc(C#N)cc34)ncnc2c1)N(C)C. The summed E-state index contributed by atoms with van der Waals surface area (Å²) in [5.74, 6) is 0.737. The van der Waals surface area contributed by atoms with E-state index < -0.39 is 0 Å². The smallest absolute Gasteiger partial charge is 0.199 e. The van der Waals surface area contributed by atoms with Crippen LogP contribution in [0.2, 0.25) is 0 Å². The molecule has 0 saturated heterocycles. The minimum atomic E-state index is 0.00947. The normalized spacial score (nSPS) is 12.4. The molecule has 0 bridgehead atoms. The fraction of sp³-hybridized carbons (Fsp3) is 0.227. The zero-order chi connectivity index (χ0) is 20.5. The Balaban J connectivity index is 1.79. The molecule has 146 valence electrons. The number of likely N-dealkylation sites (N-methyl/N-ethyl adjacent to an activating group) is 1. The van der Waals surface area contributed by atoms with E-state index in [2.05, 4.69) is 32.8 Å². The van der Waals surface area contributed by atoms with Gasteiger partial charge in [0.05, 0.1) is 28.4 Å². The fourth-order valence-corrected chi connectivity index (χ4v) is 3.18. The Hall–Kier alpha value is -3.63. The van der Waals surface area contributed by atoms with Gasteiger partial charge in [0.1, 0.15) is 18.7 Å². The third kappa shape index (κ3) is 3.46. The summed E-state index contributed by atoms with van der Waals surface area (Å²) in [4.78, 5) is 13.8. The van der Waals surface area contributed by atoms with Crippen LogP contribution >= 0.6 is 0 Å². The Labute approximate surface area is 168 Å². The quantitative estimate of drug-likeness (QED) is 0.542. The van der Waals surface area contributed by atoms with Crippen molar-refractivity contribution < 1.29 is 9.84 Å². The Morgan fingerprint density at radius 1 is 1.17 bits per heavy atom. The average Bonchev–Trinajstić information content (AvgIpc) is 3.05. The zero-order valence-electron chi connectivity index (χ0n) is 16.5. The van der Waals surface area contributed by atoms with Gasteiger partial charge in [0, 0.05) is 28.4 Å². The second-order valence-corrected chi connectivity index (χ2v) is 7.25. The maximum atomic E-state index is 10.5. The van der Waals surface area contributed by atoms with Gasteiger partial charge in [-0.25, -0.2) is 9.97 Å². The summed E-state index contributed by atoms with van der Waals surface area (Å²) >= 11 is 0. The lowest BCUT2D eigenvalue weighted by atomic mass is 10.0. The zero-order valence-corrected chi connectivity index (χ0v) is 16.5. The van der Waals surface area contributed by atoms with Crippen LogP contribution in [-0.4, -0.2) is 51.7 Å². The van der Waals surface area contributed by atoms with Crippen molar-refractivity contribution in [2.45, 2.75) is 13.0 Å². The molecule has 1 atom stereocenters. The lowest BCUT2D eigenvalue weighted by Gasteiger charge is -2.20. The Bertz CT molecular complexity index is 1240. The van der Waals surface area contributed by atoms with Crippen LogP contribution in [0.25, 0.3) is 33.1 Å². The average molecular weight is 387 g/mol. The summed E-state index contributed by atoms with van der Waals surface area (Å²) in [6.45, 7) is 2.66. The summed E-state index contributed by atoms with van der Waals surface area (Å²) in [6.07, 6.45) is 1.47. The van der Waals surface area contributed by atoms with E-state index in [1.165, 1.54) is 6.33 Å². The molecule has 2 aromatic heterocycles. The lowest BCUT2D eigenvalue weighted by molar-refractivity contribution is 0.198. The topological polar surface area (TPSA) is 98.1 Å². The number of nitrogens with one attached hydrogen (secondary N) is 1. The van der Waals surface area contributed by atoms with Gasteiger partial charge in [-0.1, -0.05) is 0 Å². The minimum Gasteiger partial charge on any atom is -0.494 e. The molecule has 0 aliphatic heterocycles. The van der Waals surface area contributed by atoms with Gasteiger partial charge in [-0.15, -0.1) is 0 Å². The highest BCUT2D eigenvalue weighted by atomic mass is 16.5. The van der Waals surface area contributed by atoms with E-state index in [1.54, 1.807) is 18.2 Å². The van der Waals surface area contributed by atoms with E-state index in [1.807, 2.05) is 32.3 Å². The number of rotatable bonds is 5. The van der Waals surface area contributed by atoms with Crippen LogP contribution < -0.4 is 4.74 Å². The maximum absolute atomic E-state index is 10.5. The molecule has 0 aliphatic rings. The van der Waals surface area contributed by atoms with Crippen molar-refractivity contribution >= 4 is 21.8 Å². The molecule has 7 heteroatoms. The molecule has 0 saturated carbocycles. The molecule has 2 aromatic carbocycles. The van der Waals surface area contributed by atoms with Crippen molar-refractivity contribution in [1.29, 1.82) is 5.26 Å². The number of aromatic hydroxyl groups is 1. The van der Waals surface area contributed by atoms with Gasteiger partial charge < -0.3 is 19.7 Å². The van der Waals surface area contributed by atoms with E-state index in [0.717, 1.165) is 27.6 Å². The van der Waals surface area contributed by atoms with Crippen LogP contribution in [0.3, 0.4) is 0 Å². The number of aromatic nitrogens is 3. The third-order valence-electron chi connectivity index (χ3n) is 5.13. The van der Waals surface area contributed by atoms with Gasteiger partial charge in [0.25, 0.3) is 0 Å². The van der Waals surface area contributed by atoms with Gasteiger partial charge >= 0.3 is 0 Å². The van der Waals surface area contributed by atoms with E-state index in [0.29, 0.717) is 23.4 Å². The molecule has 1 unspecified atom stereocenters. The monoisotopic (exact) mass is 387 g/mol. The number of H-pyrrole nitrogens is 1. The first-order valence-corrected chi connectivity index (χ1v) is 9.27. The standard InChI is InChI=1S/C22H21N5O2/c1-13(27(2)3)11-29-15-5-6-16-19(9-15)24-12-25-21(16)20-17-8-14(10-23)4-7-18(17)26-22(20)28/h4-9,12-13,26,28H,11H2,1-3H3. The van der Waals surface area contributed by atoms with Crippen molar-refractivity contribution in [3.63, 3.8) is 0 Å². The maximum Gasteiger partial charge on any atom is 0.199 e. The molecule has 0 spiro atoms. The molecule has 29 heavy (non-hydrogen) atoms. The number of nitriles is 1. The third-order valence-corrected chi connectivity index (χ3v) is 5.13. The van der Waals surface area contributed by atoms with E-state index in [4.69, 9.17) is 4.74 Å². The van der Waals surface area contributed by atoms with Crippen molar-refractivity contribution in [3.8, 4) is 29.0 Å². The first-order valence-electron chi connectivity index (χ1n) is 9.27. The highest BCUT2D eigenvalue weighted by Gasteiger charge is 2.18. The molecule has 4 rings (SSSR count). The summed E-state index contributed by atoms with van der Waals surface area (Å²) in [6, 6.07) is 13.3. The number of fused-ring (bicyclic) bond motifs is 2. The molecule has 7 nitrogen and oxygen atoms in total. The molecule has 2 N–H and O–H groups in total. The van der Waals surface area contributed by atoms with Crippen LogP contribution in [0.5, 0.6) is 11.6 Å². The van der Waals surface area contributed by atoms with Gasteiger partial charge in [0.15, 0.2) is 5.88 Å². The first kappa shape index (κ1) is 18.7. The van der Waals surface area contributed by atoms with Crippen LogP contribution in [-0.2, 0) is 0 Å². The summed E-state index contributed by atoms with van der Waals surface area (Å²) in [7, 11) is 4.03. The van der Waals surface area contributed by atoms with Crippen molar-refractivity contribution in [1.82, 2.24) is 19.9 Å². The first-order chi connectivity index (χ1) is 14.0. The summed E-state index contributed by atoms with van der Waals surface area (Å²) in [5.41, 5.74) is 3.12. The van der Waals surface area contributed by atoms with Gasteiger partial charge in [-0.05, 0) is 51.4 Å². The predicted molar refractivity (Wildman–Crippen MR) is 112 cm³/mol. The second-order valence-electron chi connectivity index (χ2n) is 7.25. The van der Waals surface area contributed by atoms with Crippen LogP contribution in [0, 0.1) is 11.3 Å². The number of ether oxygens (including phenoxy) is 1. The predicted octanol–water partition coefficient (Wildman–Crippen LogP) is 3.68. The number of nitrogens with zero attached hydrogens (tertiary/aromatic N) is 4. The molecule has 0 aliphatic carbocycles. The summed E-state index contributed by atoms with van der Waals surface area (Å²) in [5, 5.41) is 21.3. The van der Waals surface area contributed by atoms with Gasteiger partial charge in [-0.3, -0.25) is 0 Å². The molecular formula is C22H21N5O2. The molecule has 0 fully saturated rings. The minimum absolute atomic E-state index is 0.00947. The van der Waals surface area contributed by atoms with Gasteiger partial charge in [0.2, 0.25) is 0 Å². The number of benzene rings is 2. The number of hydrogen-bond donors (Lipinski definition) is 2. The molecular weight excluding hydrogens is 366 g/mol. The number of aromatic amines is 1. The number of hydrogen-bond acceptors (Lipinski definition) is 6. The molecule has 0 radical (unpaired) electrons. The molecule has 2 heterocycles. The highest BCUT2D eigenvalue weighted by Crippen LogP contribution is 2.39. The van der Waals surface area contributed by atoms with E-state index in [9.17, 15) is 10.4 Å². The highest BCUT2D eigenvalue weighted by molar-refractivity contribution is 6.05. The summed E-state index contributed by atoms with van der Waals surface area (Å²) < 4.78 is 5.90. The van der Waals surface area contributed by atoms with Crippen LogP contribution in [0.15, 0.2) is 42.7 Å². The van der Waals surface area contributed by atoms with Crippen LogP contribution in [0.1, 0.15) is 12.5 Å². The molecule has 0 amide bonds. The van der Waals surface area contributed by atoms with Crippen LogP contribution in [0.4, 0.5) is 0 Å². The Morgan fingerprint density at radius 2 is 2.00 bits per heavy atom. The Kier molecular flexibility index (Phi) is 4.79. The van der Waals surface area contributed by atoms with E-state index >= 15 is 0 Å². The Morgan fingerprint density at radius 3 is 2.76 bits per heavy atom. The van der Waals surface area contributed by atoms with E-state index in [-0.39, 0.29) is 11.9 Å². The fourth-order valence-electron chi connectivity index (χ4n) is 3.18. The molecule has 4 aromatic rings. The van der Waals surface area contributed by atoms with Crippen molar-refractivity contribution in [2.75, 3.05) is 20.7 Å². The van der Waals surface area contributed by atoms with Crippen molar-refractivity contribution in [2.24, 2.45) is 0 Å². The lowest BCUT2D eigenvalue weighted by Crippen LogP contribution is -2.30. The van der Waals surface area contributed by atoms with Crippen molar-refractivity contribution in [3.05, 3.63) is 48.3 Å². The largest absolute Gasteiger partial charge is 0.494 e. The second kappa shape index (κ2) is 7.41.